The van der Waals surface area contributed by atoms with E-state index in [0.717, 1.165) is 19.1 Å². The fourth-order valence-corrected chi connectivity index (χ4v) is 6.43. The lowest BCUT2D eigenvalue weighted by Gasteiger charge is -2.38. The Hall–Kier alpha value is -2.55. The predicted molar refractivity (Wildman–Crippen MR) is 161 cm³/mol. The van der Waals surface area contributed by atoms with E-state index in [4.69, 9.17) is 0 Å². The number of alkyl halides is 2. The second-order valence-corrected chi connectivity index (χ2v) is 17.1. The maximum Gasteiger partial charge on any atom is 0.315 e. The molecular formula is C29H50F2N6O6S. The molecule has 0 radical (unpaired) electrons. The van der Waals surface area contributed by atoms with Gasteiger partial charge in [0.1, 0.15) is 18.1 Å². The van der Waals surface area contributed by atoms with Crippen molar-refractivity contribution in [2.45, 2.75) is 111 Å². The highest BCUT2D eigenvalue weighted by atomic mass is 32.2. The molecule has 5 N–H and O–H groups in total. The van der Waals surface area contributed by atoms with E-state index >= 15 is 0 Å². The second-order valence-electron chi connectivity index (χ2n) is 15.3. The van der Waals surface area contributed by atoms with Gasteiger partial charge in [-0.15, -0.1) is 0 Å². The number of likely N-dealkylation sites (tertiary alicyclic amines) is 1. The van der Waals surface area contributed by atoms with Crippen molar-refractivity contribution in [3.8, 4) is 0 Å². The Morgan fingerprint density at radius 2 is 1.55 bits per heavy atom. The minimum absolute atomic E-state index is 0.0159. The molecule has 0 aromatic carbocycles. The SMILES string of the molecule is CC(C)(C)[C@H](NC(=O)N[C@H](CNS(C)(=O)=O)C(C)(C)C)C(=O)N1C[C@H]2[C@@H]([C@H]1C(=O)N[C@@H](CC(F)F)C(=O)NC1CC1)C2(C)C. The Morgan fingerprint density at radius 1 is 0.955 bits per heavy atom. The molecular weight excluding hydrogens is 598 g/mol. The van der Waals surface area contributed by atoms with Crippen molar-refractivity contribution in [1.29, 1.82) is 0 Å². The summed E-state index contributed by atoms with van der Waals surface area (Å²) in [5.74, 6) is -2.12. The number of urea groups is 1. The summed E-state index contributed by atoms with van der Waals surface area (Å²) in [5, 5.41) is 10.7. The van der Waals surface area contributed by atoms with E-state index in [-0.39, 0.29) is 36.4 Å². The highest BCUT2D eigenvalue weighted by Crippen LogP contribution is 2.65. The number of carbonyl (C=O) groups excluding carboxylic acids is 4. The lowest BCUT2D eigenvalue weighted by atomic mass is 9.85. The maximum absolute atomic E-state index is 14.1. The molecule has 0 spiro atoms. The lowest BCUT2D eigenvalue weighted by Crippen LogP contribution is -2.62. The van der Waals surface area contributed by atoms with Crippen LogP contribution in [0.4, 0.5) is 13.6 Å². The number of fused-ring (bicyclic) bond motifs is 1. The van der Waals surface area contributed by atoms with Gasteiger partial charge in [-0.25, -0.2) is 26.7 Å². The summed E-state index contributed by atoms with van der Waals surface area (Å²) < 4.78 is 52.5. The number of nitrogens with zero attached hydrogens (tertiary/aromatic N) is 1. The van der Waals surface area contributed by atoms with Crippen LogP contribution in [0.1, 0.15) is 74.7 Å². The van der Waals surface area contributed by atoms with E-state index in [9.17, 15) is 36.4 Å². The van der Waals surface area contributed by atoms with Crippen molar-refractivity contribution in [3.05, 3.63) is 0 Å². The van der Waals surface area contributed by atoms with Crippen LogP contribution in [0, 0.1) is 28.1 Å². The molecule has 1 heterocycles. The molecule has 1 aliphatic heterocycles. The zero-order valence-electron chi connectivity index (χ0n) is 27.2. The zero-order valence-corrected chi connectivity index (χ0v) is 28.0. The van der Waals surface area contributed by atoms with E-state index in [0.29, 0.717) is 0 Å². The second kappa shape index (κ2) is 12.7. The minimum Gasteiger partial charge on any atom is -0.352 e. The first kappa shape index (κ1) is 35.9. The predicted octanol–water partition coefficient (Wildman–Crippen LogP) is 1.57. The summed E-state index contributed by atoms with van der Waals surface area (Å²) in [5.41, 5.74) is -1.62. The van der Waals surface area contributed by atoms with Crippen molar-refractivity contribution >= 4 is 33.8 Å². The first-order valence-electron chi connectivity index (χ1n) is 15.1. The van der Waals surface area contributed by atoms with Crippen LogP contribution in [0.25, 0.3) is 0 Å². The number of hydrogen-bond acceptors (Lipinski definition) is 6. The molecule has 0 aromatic rings. The van der Waals surface area contributed by atoms with Gasteiger partial charge in [0.2, 0.25) is 34.2 Å². The van der Waals surface area contributed by atoms with Crippen LogP contribution in [0.15, 0.2) is 0 Å². The van der Waals surface area contributed by atoms with Crippen molar-refractivity contribution in [2.24, 2.45) is 28.1 Å². The van der Waals surface area contributed by atoms with E-state index in [1.165, 1.54) is 4.90 Å². The van der Waals surface area contributed by atoms with Gasteiger partial charge in [-0.2, -0.15) is 0 Å². The Morgan fingerprint density at radius 3 is 2.02 bits per heavy atom. The molecule has 3 fully saturated rings. The van der Waals surface area contributed by atoms with Crippen molar-refractivity contribution in [1.82, 2.24) is 30.9 Å². The largest absolute Gasteiger partial charge is 0.352 e. The number of carbonyl (C=O) groups is 4. The topological polar surface area (TPSA) is 166 Å². The molecule has 0 aromatic heterocycles. The lowest BCUT2D eigenvalue weighted by molar-refractivity contribution is -0.144. The van der Waals surface area contributed by atoms with Crippen LogP contribution in [-0.2, 0) is 24.4 Å². The first-order valence-corrected chi connectivity index (χ1v) is 17.0. The molecule has 0 bridgehead atoms. The fourth-order valence-electron chi connectivity index (χ4n) is 5.96. The molecule has 12 nitrogen and oxygen atoms in total. The summed E-state index contributed by atoms with van der Waals surface area (Å²) >= 11 is 0. The summed E-state index contributed by atoms with van der Waals surface area (Å²) in [4.78, 5) is 55.2. The molecule has 6 atom stereocenters. The number of piperidine rings is 1. The van der Waals surface area contributed by atoms with Crippen molar-refractivity contribution in [2.75, 3.05) is 19.3 Å². The van der Waals surface area contributed by atoms with Gasteiger partial charge < -0.3 is 26.2 Å². The molecule has 0 unspecified atom stereocenters. The van der Waals surface area contributed by atoms with Crippen LogP contribution in [0.3, 0.4) is 0 Å². The summed E-state index contributed by atoms with van der Waals surface area (Å²) in [7, 11) is -3.52. The van der Waals surface area contributed by atoms with Gasteiger partial charge in [-0.3, -0.25) is 14.4 Å². The normalized spacial score (nSPS) is 25.0. The van der Waals surface area contributed by atoms with Crippen molar-refractivity contribution < 1.29 is 36.4 Å². The first-order chi connectivity index (χ1) is 19.9. The van der Waals surface area contributed by atoms with Crippen LogP contribution in [0.2, 0.25) is 0 Å². The average molecular weight is 649 g/mol. The van der Waals surface area contributed by atoms with Crippen LogP contribution in [0.5, 0.6) is 0 Å². The van der Waals surface area contributed by atoms with E-state index < -0.39 is 81.6 Å². The van der Waals surface area contributed by atoms with Gasteiger partial charge >= 0.3 is 6.03 Å². The van der Waals surface area contributed by atoms with Gasteiger partial charge in [0, 0.05) is 31.6 Å². The molecule has 3 aliphatic rings. The van der Waals surface area contributed by atoms with Gasteiger partial charge in [0.05, 0.1) is 6.26 Å². The highest BCUT2D eigenvalue weighted by molar-refractivity contribution is 7.88. The number of amides is 5. The Labute approximate surface area is 259 Å². The molecule has 252 valence electrons. The zero-order chi connectivity index (χ0) is 33.6. The quantitative estimate of drug-likeness (QED) is 0.216. The minimum atomic E-state index is -3.52. The van der Waals surface area contributed by atoms with E-state index in [2.05, 4.69) is 26.0 Å². The number of sulfonamides is 1. The number of halogens is 2. The average Bonchev–Trinajstić information content (AvgIpc) is 3.69. The van der Waals surface area contributed by atoms with E-state index in [1.54, 1.807) is 20.8 Å². The summed E-state index contributed by atoms with van der Waals surface area (Å²) in [6.45, 7) is 14.9. The summed E-state index contributed by atoms with van der Waals surface area (Å²) in [6.07, 6.45) is -1.15. The standard InChI is InChI=1S/C29H50F2N6O6S/c1-27(2,3)18(13-32-44(9,42)43)35-26(41)36-22(28(4,5)6)25(40)37-14-16-20(29(16,7)8)21(37)24(39)34-17(12-19(30)31)23(38)33-15-10-11-15/h15-22,32H,10-14H2,1-9H3,(H,33,38)(H,34,39)(H2,35,36,41)/t16-,17-,18+,20-,21-,22+/m0/s1. The number of hydrogen-bond donors (Lipinski definition) is 5. The monoisotopic (exact) mass is 648 g/mol. The Bertz CT molecular complexity index is 1230. The smallest absolute Gasteiger partial charge is 0.315 e. The molecule has 2 saturated carbocycles. The molecule has 5 amide bonds. The fraction of sp³-hybridized carbons (Fsp3) is 0.862. The summed E-state index contributed by atoms with van der Waals surface area (Å²) in [6, 6.07) is -4.93. The highest BCUT2D eigenvalue weighted by Gasteiger charge is 2.70. The van der Waals surface area contributed by atoms with Crippen molar-refractivity contribution in [3.63, 3.8) is 0 Å². The van der Waals surface area contributed by atoms with Gasteiger partial charge in [0.15, 0.2) is 0 Å². The van der Waals surface area contributed by atoms with Gasteiger partial charge in [0.25, 0.3) is 0 Å². The van der Waals surface area contributed by atoms with E-state index in [1.807, 2.05) is 34.6 Å². The van der Waals surface area contributed by atoms with Gasteiger partial charge in [-0.1, -0.05) is 55.4 Å². The van der Waals surface area contributed by atoms with Gasteiger partial charge in [-0.05, 0) is 40.9 Å². The third-order valence-corrected chi connectivity index (χ3v) is 9.71. The molecule has 1 saturated heterocycles. The number of rotatable bonds is 12. The molecule has 3 rings (SSSR count). The third kappa shape index (κ3) is 9.01. The molecule has 2 aliphatic carbocycles. The molecule has 44 heavy (non-hydrogen) atoms. The van der Waals surface area contributed by atoms with Crippen LogP contribution in [-0.4, -0.2) is 93.1 Å². The number of nitrogens with one attached hydrogen (secondary N) is 5. The maximum atomic E-state index is 14.1. The van der Waals surface area contributed by atoms with Crippen LogP contribution < -0.4 is 26.0 Å². The Kier molecular flexibility index (Phi) is 10.4. The molecule has 15 heteroatoms. The Balaban J connectivity index is 1.80. The van der Waals surface area contributed by atoms with Crippen LogP contribution >= 0.6 is 0 Å². The third-order valence-electron chi connectivity index (χ3n) is 9.02.